The predicted molar refractivity (Wildman–Crippen MR) is 102 cm³/mol. The first-order chi connectivity index (χ1) is 12.9. The summed E-state index contributed by atoms with van der Waals surface area (Å²) in [6.45, 7) is 1.58. The Hall–Kier alpha value is -3.19. The minimum Gasteiger partial charge on any atom is -0.323 e. The molecule has 6 nitrogen and oxygen atoms in total. The first-order valence-electron chi connectivity index (χ1n) is 8.17. The smallest absolute Gasteiger partial charge is 0.262 e. The molecule has 4 rings (SSSR count). The third-order valence-corrected chi connectivity index (χ3v) is 4.52. The van der Waals surface area contributed by atoms with E-state index >= 15 is 0 Å². The average Bonchev–Trinajstić information content (AvgIpc) is 3.03. The maximum atomic E-state index is 13.2. The summed E-state index contributed by atoms with van der Waals surface area (Å²) in [7, 11) is 0. The molecule has 0 aliphatic rings. The van der Waals surface area contributed by atoms with Crippen molar-refractivity contribution in [3.05, 3.63) is 75.4 Å². The van der Waals surface area contributed by atoms with Crippen LogP contribution in [0.5, 0.6) is 0 Å². The first-order valence-corrected chi connectivity index (χ1v) is 8.54. The molecule has 2 heterocycles. The first kappa shape index (κ1) is 17.2. The van der Waals surface area contributed by atoms with Crippen molar-refractivity contribution in [2.75, 3.05) is 5.32 Å². The van der Waals surface area contributed by atoms with Gasteiger partial charge in [-0.3, -0.25) is 14.2 Å². The molecule has 27 heavy (non-hydrogen) atoms. The molecule has 2 aromatic heterocycles. The molecule has 0 bridgehead atoms. The van der Waals surface area contributed by atoms with E-state index in [1.165, 1.54) is 16.7 Å². The van der Waals surface area contributed by atoms with Gasteiger partial charge in [-0.05, 0) is 37.3 Å². The summed E-state index contributed by atoms with van der Waals surface area (Å²) in [6.07, 6.45) is 0. The monoisotopic (exact) mass is 384 g/mol. The Bertz CT molecular complexity index is 1260. The number of fused-ring (bicyclic) bond motifs is 3. The van der Waals surface area contributed by atoms with Gasteiger partial charge in [0.2, 0.25) is 5.91 Å². The zero-order chi connectivity index (χ0) is 19.1. The van der Waals surface area contributed by atoms with Crippen molar-refractivity contribution in [3.8, 4) is 0 Å². The molecule has 0 saturated carbocycles. The summed E-state index contributed by atoms with van der Waals surface area (Å²) < 4.78 is 16.2. The maximum absolute atomic E-state index is 13.2. The van der Waals surface area contributed by atoms with Crippen LogP contribution >= 0.6 is 11.6 Å². The second kappa shape index (κ2) is 6.51. The fraction of sp³-hybridized carbons (Fsp3) is 0.105. The topological polar surface area (TPSA) is 68.4 Å². The van der Waals surface area contributed by atoms with Crippen molar-refractivity contribution in [1.82, 2.24) is 14.2 Å². The number of nitrogens with zero attached hydrogens (tertiary/aromatic N) is 3. The van der Waals surface area contributed by atoms with Crippen LogP contribution in [-0.2, 0) is 11.3 Å². The molecule has 0 spiro atoms. The van der Waals surface area contributed by atoms with Crippen LogP contribution in [0.2, 0.25) is 5.02 Å². The highest BCUT2D eigenvalue weighted by atomic mass is 35.5. The lowest BCUT2D eigenvalue weighted by Crippen LogP contribution is -2.29. The van der Waals surface area contributed by atoms with E-state index in [-0.39, 0.29) is 22.8 Å². The number of hydrogen-bond donors (Lipinski definition) is 1. The molecule has 0 aliphatic carbocycles. The van der Waals surface area contributed by atoms with Gasteiger partial charge in [0.25, 0.3) is 5.56 Å². The van der Waals surface area contributed by atoms with Crippen molar-refractivity contribution in [2.45, 2.75) is 13.5 Å². The molecule has 0 radical (unpaired) electrons. The SMILES string of the molecule is Cc1cc2n(CC(=O)Nc3ccc(F)cc3Cl)c(=O)c3ccccc3n2n1. The van der Waals surface area contributed by atoms with Crippen LogP contribution in [0.4, 0.5) is 10.1 Å². The van der Waals surface area contributed by atoms with Crippen LogP contribution in [0.3, 0.4) is 0 Å². The minimum absolute atomic E-state index is 0.0829. The minimum atomic E-state index is -0.500. The third-order valence-electron chi connectivity index (χ3n) is 4.20. The molecular weight excluding hydrogens is 371 g/mol. The summed E-state index contributed by atoms with van der Waals surface area (Å²) in [5.41, 5.74) is 1.89. The van der Waals surface area contributed by atoms with E-state index < -0.39 is 11.7 Å². The van der Waals surface area contributed by atoms with E-state index in [4.69, 9.17) is 11.6 Å². The molecular formula is C19H14ClFN4O2. The average molecular weight is 385 g/mol. The highest BCUT2D eigenvalue weighted by Gasteiger charge is 2.15. The van der Waals surface area contributed by atoms with Gasteiger partial charge in [-0.2, -0.15) is 5.10 Å². The van der Waals surface area contributed by atoms with Crippen LogP contribution < -0.4 is 10.9 Å². The molecule has 136 valence electrons. The van der Waals surface area contributed by atoms with Gasteiger partial charge in [-0.1, -0.05) is 23.7 Å². The number of para-hydroxylation sites is 1. The molecule has 8 heteroatoms. The molecule has 2 aromatic carbocycles. The lowest BCUT2D eigenvalue weighted by atomic mass is 10.2. The van der Waals surface area contributed by atoms with Gasteiger partial charge in [-0.15, -0.1) is 0 Å². The van der Waals surface area contributed by atoms with E-state index in [1.54, 1.807) is 28.8 Å². The van der Waals surface area contributed by atoms with Crippen molar-refractivity contribution in [1.29, 1.82) is 0 Å². The van der Waals surface area contributed by atoms with Gasteiger partial charge in [0.15, 0.2) is 0 Å². The predicted octanol–water partition coefficient (Wildman–Crippen LogP) is 3.39. The van der Waals surface area contributed by atoms with Crippen molar-refractivity contribution in [2.24, 2.45) is 0 Å². The normalized spacial score (nSPS) is 11.2. The number of hydrogen-bond acceptors (Lipinski definition) is 3. The van der Waals surface area contributed by atoms with Crippen molar-refractivity contribution >= 4 is 39.7 Å². The Morgan fingerprint density at radius 1 is 1.22 bits per heavy atom. The Labute approximate surface area is 157 Å². The molecule has 4 aromatic rings. The molecule has 0 atom stereocenters. The Morgan fingerprint density at radius 2 is 2.00 bits per heavy atom. The van der Waals surface area contributed by atoms with E-state index in [0.29, 0.717) is 16.6 Å². The van der Waals surface area contributed by atoms with Crippen LogP contribution in [0.1, 0.15) is 5.69 Å². The zero-order valence-corrected chi connectivity index (χ0v) is 15.0. The lowest BCUT2D eigenvalue weighted by Gasteiger charge is -2.12. The second-order valence-corrected chi connectivity index (χ2v) is 6.54. The molecule has 1 amide bonds. The number of aromatic nitrogens is 3. The summed E-state index contributed by atoms with van der Waals surface area (Å²) in [4.78, 5) is 25.4. The Kier molecular flexibility index (Phi) is 4.16. The number of anilines is 1. The summed E-state index contributed by atoms with van der Waals surface area (Å²) in [5, 5.41) is 7.57. The van der Waals surface area contributed by atoms with Gasteiger partial charge in [0, 0.05) is 6.07 Å². The number of aryl methyl sites for hydroxylation is 1. The zero-order valence-electron chi connectivity index (χ0n) is 14.2. The summed E-state index contributed by atoms with van der Waals surface area (Å²) in [6, 6.07) is 12.5. The lowest BCUT2D eigenvalue weighted by molar-refractivity contribution is -0.116. The number of benzene rings is 2. The van der Waals surface area contributed by atoms with E-state index in [1.807, 2.05) is 13.0 Å². The van der Waals surface area contributed by atoms with Crippen LogP contribution in [-0.4, -0.2) is 20.1 Å². The van der Waals surface area contributed by atoms with Crippen molar-refractivity contribution in [3.63, 3.8) is 0 Å². The van der Waals surface area contributed by atoms with Crippen LogP contribution in [0, 0.1) is 12.7 Å². The number of carbonyl (C=O) groups excluding carboxylic acids is 1. The number of nitrogens with one attached hydrogen (secondary N) is 1. The summed E-state index contributed by atoms with van der Waals surface area (Å²) >= 11 is 5.95. The molecule has 0 aliphatic heterocycles. The van der Waals surface area contributed by atoms with Crippen LogP contribution in [0.15, 0.2) is 53.3 Å². The highest BCUT2D eigenvalue weighted by Crippen LogP contribution is 2.22. The summed E-state index contributed by atoms with van der Waals surface area (Å²) in [5.74, 6) is -0.957. The molecule has 0 unspecified atom stereocenters. The van der Waals surface area contributed by atoms with Crippen molar-refractivity contribution < 1.29 is 9.18 Å². The van der Waals surface area contributed by atoms with Gasteiger partial charge < -0.3 is 5.32 Å². The number of rotatable bonds is 3. The number of halogens is 2. The fourth-order valence-corrected chi connectivity index (χ4v) is 3.24. The van der Waals surface area contributed by atoms with E-state index in [9.17, 15) is 14.0 Å². The highest BCUT2D eigenvalue weighted by molar-refractivity contribution is 6.33. The van der Waals surface area contributed by atoms with Gasteiger partial charge >= 0.3 is 0 Å². The van der Waals surface area contributed by atoms with E-state index in [0.717, 1.165) is 11.8 Å². The maximum Gasteiger partial charge on any atom is 0.262 e. The van der Waals surface area contributed by atoms with Crippen LogP contribution in [0.25, 0.3) is 16.6 Å². The largest absolute Gasteiger partial charge is 0.323 e. The second-order valence-electron chi connectivity index (χ2n) is 6.14. The molecule has 0 saturated heterocycles. The Balaban J connectivity index is 1.77. The number of carbonyl (C=O) groups is 1. The quantitative estimate of drug-likeness (QED) is 0.588. The molecule has 0 fully saturated rings. The van der Waals surface area contributed by atoms with Gasteiger partial charge in [0.05, 0.1) is 27.3 Å². The standard InChI is InChI=1S/C19H14ClFN4O2/c1-11-8-18-24(10-17(26)22-15-7-6-12(21)9-14(15)20)19(27)13-4-2-3-5-16(13)25(18)23-11/h2-9H,10H2,1H3,(H,22,26). The van der Waals surface area contributed by atoms with E-state index in [2.05, 4.69) is 10.4 Å². The number of amides is 1. The molecule has 1 N–H and O–H groups in total. The Morgan fingerprint density at radius 3 is 2.78 bits per heavy atom. The van der Waals surface area contributed by atoms with Gasteiger partial charge in [-0.25, -0.2) is 8.91 Å². The van der Waals surface area contributed by atoms with Gasteiger partial charge in [0.1, 0.15) is 18.0 Å². The third kappa shape index (κ3) is 3.06. The fourth-order valence-electron chi connectivity index (χ4n) is 3.02.